The van der Waals surface area contributed by atoms with E-state index in [0.717, 1.165) is 36.7 Å². The van der Waals surface area contributed by atoms with Crippen LogP contribution in [0.25, 0.3) is 0 Å². The minimum atomic E-state index is -3.73. The van der Waals surface area contributed by atoms with Crippen LogP contribution in [0.15, 0.2) is 71.6 Å². The summed E-state index contributed by atoms with van der Waals surface area (Å²) in [6.07, 6.45) is 2.54. The summed E-state index contributed by atoms with van der Waals surface area (Å²) in [5.41, 5.74) is 4.92. The van der Waals surface area contributed by atoms with Crippen molar-refractivity contribution in [2.45, 2.75) is 45.1 Å². The van der Waals surface area contributed by atoms with E-state index in [2.05, 4.69) is 21.9 Å². The van der Waals surface area contributed by atoms with Crippen LogP contribution in [-0.4, -0.2) is 32.3 Å². The highest BCUT2D eigenvalue weighted by atomic mass is 32.2. The summed E-state index contributed by atoms with van der Waals surface area (Å²) in [5.74, 6) is 0.504. The number of hydrogen-bond donors (Lipinski definition) is 2. The Balaban J connectivity index is 1.36. The minimum Gasteiger partial charge on any atom is -0.322 e. The van der Waals surface area contributed by atoms with E-state index in [-0.39, 0.29) is 10.8 Å². The highest BCUT2D eigenvalue weighted by molar-refractivity contribution is 7.92. The molecule has 1 heterocycles. The Morgan fingerprint density at radius 2 is 1.63 bits per heavy atom. The first-order valence-corrected chi connectivity index (χ1v) is 13.5. The Bertz CT molecular complexity index is 1290. The van der Waals surface area contributed by atoms with E-state index >= 15 is 0 Å². The average molecular weight is 492 g/mol. The summed E-state index contributed by atoms with van der Waals surface area (Å²) in [4.78, 5) is 15.3. The largest absolute Gasteiger partial charge is 0.322 e. The summed E-state index contributed by atoms with van der Waals surface area (Å²) in [6, 6.07) is 19.3. The molecule has 0 unspecified atom stereocenters. The van der Waals surface area contributed by atoms with Crippen LogP contribution in [0.3, 0.4) is 0 Å². The Hall–Kier alpha value is -3.16. The Morgan fingerprint density at radius 3 is 2.29 bits per heavy atom. The molecule has 1 atom stereocenters. The molecule has 7 heteroatoms. The number of nitrogens with one attached hydrogen (secondary N) is 2. The summed E-state index contributed by atoms with van der Waals surface area (Å²) in [7, 11) is -3.73. The molecule has 3 aromatic carbocycles. The number of amides is 1. The fraction of sp³-hybridized carbons (Fsp3) is 0.321. The molecule has 0 aromatic heterocycles. The number of likely N-dealkylation sites (tertiary alicyclic amines) is 1. The van der Waals surface area contributed by atoms with Gasteiger partial charge in [0.25, 0.3) is 15.9 Å². The normalized spacial score (nSPS) is 16.6. The molecule has 184 valence electrons. The molecule has 1 aliphatic rings. The SMILES string of the molecule is Cc1ccc(NS(=O)(=O)c2ccc(NC(=O)c3ccc(CN4CCC[C@H](C)C4)cc3)cc2)cc1C. The van der Waals surface area contributed by atoms with Crippen molar-refractivity contribution in [2.24, 2.45) is 5.92 Å². The van der Waals surface area contributed by atoms with Gasteiger partial charge < -0.3 is 5.32 Å². The number of sulfonamides is 1. The zero-order valence-corrected chi connectivity index (χ0v) is 21.4. The Labute approximate surface area is 208 Å². The highest BCUT2D eigenvalue weighted by Gasteiger charge is 2.17. The lowest BCUT2D eigenvalue weighted by Gasteiger charge is -2.30. The fourth-order valence-electron chi connectivity index (χ4n) is 4.39. The van der Waals surface area contributed by atoms with Gasteiger partial charge in [-0.05, 0) is 104 Å². The number of benzene rings is 3. The van der Waals surface area contributed by atoms with Crippen molar-refractivity contribution in [3.8, 4) is 0 Å². The monoisotopic (exact) mass is 491 g/mol. The molecule has 0 aliphatic carbocycles. The average Bonchev–Trinajstić information content (AvgIpc) is 2.82. The lowest BCUT2D eigenvalue weighted by Crippen LogP contribution is -2.33. The van der Waals surface area contributed by atoms with E-state index in [1.807, 2.05) is 44.2 Å². The third kappa shape index (κ3) is 6.50. The van der Waals surface area contributed by atoms with Crippen molar-refractivity contribution < 1.29 is 13.2 Å². The Kier molecular flexibility index (Phi) is 7.57. The van der Waals surface area contributed by atoms with E-state index < -0.39 is 10.0 Å². The second kappa shape index (κ2) is 10.6. The maximum atomic E-state index is 12.7. The van der Waals surface area contributed by atoms with Crippen LogP contribution < -0.4 is 10.0 Å². The van der Waals surface area contributed by atoms with Gasteiger partial charge in [0, 0.05) is 30.0 Å². The third-order valence-corrected chi connectivity index (χ3v) is 7.94. The quantitative estimate of drug-likeness (QED) is 0.452. The van der Waals surface area contributed by atoms with E-state index in [1.54, 1.807) is 24.3 Å². The molecule has 1 saturated heterocycles. The first-order valence-electron chi connectivity index (χ1n) is 12.0. The number of anilines is 2. The van der Waals surface area contributed by atoms with Gasteiger partial charge in [-0.3, -0.25) is 14.4 Å². The minimum absolute atomic E-state index is 0.130. The van der Waals surface area contributed by atoms with Crippen molar-refractivity contribution in [3.63, 3.8) is 0 Å². The second-order valence-electron chi connectivity index (χ2n) is 9.56. The molecule has 0 bridgehead atoms. The highest BCUT2D eigenvalue weighted by Crippen LogP contribution is 2.21. The molecule has 1 fully saturated rings. The van der Waals surface area contributed by atoms with Crippen molar-refractivity contribution in [1.29, 1.82) is 0 Å². The fourth-order valence-corrected chi connectivity index (χ4v) is 5.44. The van der Waals surface area contributed by atoms with Crippen LogP contribution in [-0.2, 0) is 16.6 Å². The standard InChI is InChI=1S/C28H33N3O3S/c1-20-5-4-16-31(18-20)19-23-7-9-24(10-8-23)28(32)29-25-12-14-27(15-13-25)35(33,34)30-26-11-6-21(2)22(3)17-26/h6-15,17,20,30H,4-5,16,18-19H2,1-3H3,(H,29,32)/t20-/m0/s1. The number of aryl methyl sites for hydroxylation is 2. The van der Waals surface area contributed by atoms with Crippen molar-refractivity contribution >= 4 is 27.3 Å². The van der Waals surface area contributed by atoms with Gasteiger partial charge in [-0.25, -0.2) is 8.42 Å². The number of carbonyl (C=O) groups is 1. The predicted octanol–water partition coefficient (Wildman–Crippen LogP) is 5.59. The lowest BCUT2D eigenvalue weighted by atomic mass is 9.99. The summed E-state index contributed by atoms with van der Waals surface area (Å²) in [5, 5.41) is 2.84. The zero-order valence-electron chi connectivity index (χ0n) is 20.5. The summed E-state index contributed by atoms with van der Waals surface area (Å²) < 4.78 is 28.1. The topological polar surface area (TPSA) is 78.5 Å². The van der Waals surface area contributed by atoms with Gasteiger partial charge in [0.1, 0.15) is 0 Å². The molecular formula is C28H33N3O3S. The zero-order chi connectivity index (χ0) is 25.0. The maximum Gasteiger partial charge on any atom is 0.261 e. The first kappa shape index (κ1) is 24.9. The smallest absolute Gasteiger partial charge is 0.261 e. The molecule has 0 radical (unpaired) electrons. The maximum absolute atomic E-state index is 12.7. The Morgan fingerprint density at radius 1 is 0.943 bits per heavy atom. The molecule has 1 amide bonds. The van der Waals surface area contributed by atoms with Crippen LogP contribution >= 0.6 is 0 Å². The first-order chi connectivity index (χ1) is 16.7. The molecule has 4 rings (SSSR count). The van der Waals surface area contributed by atoms with Gasteiger partial charge in [-0.15, -0.1) is 0 Å². The number of hydrogen-bond acceptors (Lipinski definition) is 4. The van der Waals surface area contributed by atoms with Gasteiger partial charge in [0.15, 0.2) is 0 Å². The van der Waals surface area contributed by atoms with E-state index in [4.69, 9.17) is 0 Å². The second-order valence-corrected chi connectivity index (χ2v) is 11.2. The van der Waals surface area contributed by atoms with Crippen LogP contribution in [0, 0.1) is 19.8 Å². The van der Waals surface area contributed by atoms with E-state index in [9.17, 15) is 13.2 Å². The predicted molar refractivity (Wildman–Crippen MR) is 141 cm³/mol. The number of carbonyl (C=O) groups excluding carboxylic acids is 1. The molecule has 35 heavy (non-hydrogen) atoms. The van der Waals surface area contributed by atoms with Crippen LogP contribution in [0.2, 0.25) is 0 Å². The molecular weight excluding hydrogens is 458 g/mol. The third-order valence-electron chi connectivity index (χ3n) is 6.55. The lowest BCUT2D eigenvalue weighted by molar-refractivity contribution is 0.102. The number of nitrogens with zero attached hydrogens (tertiary/aromatic N) is 1. The van der Waals surface area contributed by atoms with Gasteiger partial charge >= 0.3 is 0 Å². The van der Waals surface area contributed by atoms with Crippen molar-refractivity contribution in [1.82, 2.24) is 4.90 Å². The molecule has 1 aliphatic heterocycles. The van der Waals surface area contributed by atoms with Gasteiger partial charge in [0.2, 0.25) is 0 Å². The summed E-state index contributed by atoms with van der Waals surface area (Å²) in [6.45, 7) is 9.35. The van der Waals surface area contributed by atoms with Gasteiger partial charge in [-0.1, -0.05) is 25.1 Å². The number of piperidine rings is 1. The van der Waals surface area contributed by atoms with Crippen LogP contribution in [0.4, 0.5) is 11.4 Å². The summed E-state index contributed by atoms with van der Waals surface area (Å²) >= 11 is 0. The van der Waals surface area contributed by atoms with Crippen molar-refractivity contribution in [3.05, 3.63) is 89.0 Å². The molecule has 0 spiro atoms. The number of rotatable bonds is 7. The van der Waals surface area contributed by atoms with Gasteiger partial charge in [-0.2, -0.15) is 0 Å². The van der Waals surface area contributed by atoms with Crippen LogP contribution in [0.5, 0.6) is 0 Å². The van der Waals surface area contributed by atoms with Gasteiger partial charge in [0.05, 0.1) is 4.90 Å². The van der Waals surface area contributed by atoms with Crippen LogP contribution in [0.1, 0.15) is 46.8 Å². The van der Waals surface area contributed by atoms with E-state index in [0.29, 0.717) is 16.9 Å². The van der Waals surface area contributed by atoms with E-state index in [1.165, 1.54) is 30.5 Å². The molecule has 2 N–H and O–H groups in total. The molecule has 6 nitrogen and oxygen atoms in total. The van der Waals surface area contributed by atoms with Crippen molar-refractivity contribution in [2.75, 3.05) is 23.1 Å². The molecule has 0 saturated carbocycles. The molecule has 3 aromatic rings.